The van der Waals surface area contributed by atoms with Crippen LogP contribution in [0.25, 0.3) is 0 Å². The van der Waals surface area contributed by atoms with E-state index in [9.17, 15) is 4.79 Å². The number of aliphatic carboxylic acids is 1. The summed E-state index contributed by atoms with van der Waals surface area (Å²) >= 11 is 0. The molecular weight excluding hydrogens is 154 g/mol. The van der Waals surface area contributed by atoms with E-state index in [4.69, 9.17) is 5.11 Å². The van der Waals surface area contributed by atoms with Crippen LogP contribution in [0.1, 0.15) is 32.1 Å². The Bertz CT molecular complexity index is 135. The molecule has 0 heterocycles. The fourth-order valence-corrected chi connectivity index (χ4v) is 0.937. The zero-order valence-electron chi connectivity index (χ0n) is 7.33. The Morgan fingerprint density at radius 2 is 1.67 bits per heavy atom. The number of allylic oxidation sites excluding steroid dienone is 2. The summed E-state index contributed by atoms with van der Waals surface area (Å²) in [6, 6.07) is 0. The van der Waals surface area contributed by atoms with Crippen molar-refractivity contribution in [3.63, 3.8) is 0 Å². The number of carboxylic acids is 1. The van der Waals surface area contributed by atoms with Gasteiger partial charge in [-0.15, -0.1) is 0 Å². The molecule has 0 aromatic heterocycles. The minimum absolute atomic E-state index is 0.278. The Balaban J connectivity index is 0.000000217. The molecule has 70 valence electrons. The van der Waals surface area contributed by atoms with E-state index in [1.54, 1.807) is 0 Å². The molecule has 0 aromatic rings. The summed E-state index contributed by atoms with van der Waals surface area (Å²) < 4.78 is 0. The first-order valence-electron chi connectivity index (χ1n) is 4.34. The van der Waals surface area contributed by atoms with Crippen molar-refractivity contribution in [3.8, 4) is 0 Å². The molecule has 0 fully saturated rings. The second-order valence-electron chi connectivity index (χ2n) is 2.71. The van der Waals surface area contributed by atoms with Gasteiger partial charge in [-0.1, -0.05) is 18.6 Å². The van der Waals surface area contributed by atoms with Crippen LogP contribution >= 0.6 is 0 Å². The van der Waals surface area contributed by atoms with Gasteiger partial charge in [0.25, 0.3) is 0 Å². The second kappa shape index (κ2) is 8.27. The predicted molar refractivity (Wildman–Crippen MR) is 48.9 cm³/mol. The van der Waals surface area contributed by atoms with Crippen LogP contribution in [-0.4, -0.2) is 17.6 Å². The third-order valence-electron chi connectivity index (χ3n) is 1.58. The third kappa shape index (κ3) is 9.17. The van der Waals surface area contributed by atoms with Gasteiger partial charge in [0.2, 0.25) is 0 Å². The van der Waals surface area contributed by atoms with Gasteiger partial charge in [0.05, 0.1) is 6.54 Å². The highest BCUT2D eigenvalue weighted by Crippen LogP contribution is 2.08. The first-order valence-corrected chi connectivity index (χ1v) is 4.34. The Morgan fingerprint density at radius 3 is 2.00 bits per heavy atom. The molecule has 0 unspecified atom stereocenters. The average Bonchev–Trinajstić information content (AvgIpc) is 2.35. The van der Waals surface area contributed by atoms with Crippen molar-refractivity contribution >= 4 is 5.97 Å². The molecule has 0 amide bonds. The highest BCUT2D eigenvalue weighted by Gasteiger charge is 1.88. The highest BCUT2D eigenvalue weighted by molar-refractivity contribution is 5.68. The second-order valence-corrected chi connectivity index (χ2v) is 2.71. The van der Waals surface area contributed by atoms with Gasteiger partial charge >= 0.3 is 5.97 Å². The summed E-state index contributed by atoms with van der Waals surface area (Å²) in [4.78, 5) is 9.24. The van der Waals surface area contributed by atoms with Gasteiger partial charge in [0.1, 0.15) is 0 Å². The SMILES string of the molecule is C1=CCCCCC1.NCC(=O)O. The van der Waals surface area contributed by atoms with Crippen LogP contribution in [0.2, 0.25) is 0 Å². The molecule has 0 aliphatic heterocycles. The molecular formula is C9H17NO2. The Hall–Kier alpha value is -0.830. The average molecular weight is 171 g/mol. The number of hydrogen-bond donors (Lipinski definition) is 2. The number of carboxylic acid groups (broad SMARTS) is 1. The highest BCUT2D eigenvalue weighted by atomic mass is 16.4. The lowest BCUT2D eigenvalue weighted by molar-refractivity contribution is -0.135. The normalized spacial score (nSPS) is 15.8. The van der Waals surface area contributed by atoms with Gasteiger partial charge in [-0.2, -0.15) is 0 Å². The van der Waals surface area contributed by atoms with Crippen LogP contribution < -0.4 is 5.73 Å². The van der Waals surface area contributed by atoms with E-state index < -0.39 is 5.97 Å². The van der Waals surface area contributed by atoms with Crippen molar-refractivity contribution in [2.24, 2.45) is 5.73 Å². The van der Waals surface area contributed by atoms with E-state index in [0.717, 1.165) is 0 Å². The minimum atomic E-state index is -0.968. The van der Waals surface area contributed by atoms with Crippen LogP contribution in [0.5, 0.6) is 0 Å². The van der Waals surface area contributed by atoms with E-state index in [2.05, 4.69) is 17.9 Å². The van der Waals surface area contributed by atoms with Gasteiger partial charge in [-0.3, -0.25) is 4.79 Å². The number of hydrogen-bond acceptors (Lipinski definition) is 2. The van der Waals surface area contributed by atoms with Gasteiger partial charge in [0.15, 0.2) is 0 Å². The van der Waals surface area contributed by atoms with Crippen molar-refractivity contribution in [3.05, 3.63) is 12.2 Å². The maximum atomic E-state index is 9.24. The Morgan fingerprint density at radius 1 is 1.25 bits per heavy atom. The number of carbonyl (C=O) groups is 1. The maximum Gasteiger partial charge on any atom is 0.317 e. The zero-order valence-corrected chi connectivity index (χ0v) is 7.33. The quantitative estimate of drug-likeness (QED) is 0.588. The standard InChI is InChI=1S/C7H12.C2H5NO2/c1-2-4-6-7-5-3-1;3-1-2(4)5/h1-2H,3-7H2;1,3H2,(H,4,5). The van der Waals surface area contributed by atoms with Crippen molar-refractivity contribution in [2.45, 2.75) is 32.1 Å². The largest absolute Gasteiger partial charge is 0.480 e. The van der Waals surface area contributed by atoms with Crippen molar-refractivity contribution in [2.75, 3.05) is 6.54 Å². The molecule has 1 aliphatic rings. The van der Waals surface area contributed by atoms with Crippen LogP contribution in [0.4, 0.5) is 0 Å². The van der Waals surface area contributed by atoms with E-state index >= 15 is 0 Å². The molecule has 3 nitrogen and oxygen atoms in total. The number of rotatable bonds is 1. The fourth-order valence-electron chi connectivity index (χ4n) is 0.937. The topological polar surface area (TPSA) is 63.3 Å². The Kier molecular flexibility index (Phi) is 7.70. The smallest absolute Gasteiger partial charge is 0.317 e. The van der Waals surface area contributed by atoms with Gasteiger partial charge < -0.3 is 10.8 Å². The fraction of sp³-hybridized carbons (Fsp3) is 0.667. The molecule has 0 radical (unpaired) electrons. The van der Waals surface area contributed by atoms with E-state index in [0.29, 0.717) is 0 Å². The summed E-state index contributed by atoms with van der Waals surface area (Å²) in [6.45, 7) is -0.278. The zero-order chi connectivity index (χ0) is 9.23. The summed E-state index contributed by atoms with van der Waals surface area (Å²) in [5.74, 6) is -0.968. The summed E-state index contributed by atoms with van der Waals surface area (Å²) in [5.41, 5.74) is 4.57. The van der Waals surface area contributed by atoms with Gasteiger partial charge in [-0.05, 0) is 25.7 Å². The monoisotopic (exact) mass is 171 g/mol. The molecule has 0 saturated heterocycles. The van der Waals surface area contributed by atoms with Crippen molar-refractivity contribution in [1.29, 1.82) is 0 Å². The molecule has 3 heteroatoms. The van der Waals surface area contributed by atoms with Crippen LogP contribution in [0, 0.1) is 0 Å². The summed E-state index contributed by atoms with van der Waals surface area (Å²) in [6.07, 6.45) is 11.5. The van der Waals surface area contributed by atoms with Crippen LogP contribution in [0.3, 0.4) is 0 Å². The lowest BCUT2D eigenvalue weighted by Crippen LogP contribution is -2.10. The summed E-state index contributed by atoms with van der Waals surface area (Å²) in [7, 11) is 0. The molecule has 12 heavy (non-hydrogen) atoms. The molecule has 0 bridgehead atoms. The Labute approximate surface area is 73.3 Å². The van der Waals surface area contributed by atoms with Crippen molar-refractivity contribution in [1.82, 2.24) is 0 Å². The van der Waals surface area contributed by atoms with Crippen LogP contribution in [0.15, 0.2) is 12.2 Å². The number of nitrogens with two attached hydrogens (primary N) is 1. The molecule has 3 N–H and O–H groups in total. The van der Waals surface area contributed by atoms with Crippen molar-refractivity contribution < 1.29 is 9.90 Å². The van der Waals surface area contributed by atoms with E-state index in [-0.39, 0.29) is 6.54 Å². The van der Waals surface area contributed by atoms with E-state index in [1.165, 1.54) is 32.1 Å². The van der Waals surface area contributed by atoms with Crippen LogP contribution in [-0.2, 0) is 4.79 Å². The lowest BCUT2D eigenvalue weighted by atomic mass is 10.2. The van der Waals surface area contributed by atoms with Gasteiger partial charge in [0, 0.05) is 0 Å². The minimum Gasteiger partial charge on any atom is -0.480 e. The molecule has 1 aliphatic carbocycles. The molecule has 0 atom stereocenters. The predicted octanol–water partition coefficient (Wildman–Crippen LogP) is 1.54. The van der Waals surface area contributed by atoms with E-state index in [1.807, 2.05) is 0 Å². The molecule has 1 rings (SSSR count). The van der Waals surface area contributed by atoms with Gasteiger partial charge in [-0.25, -0.2) is 0 Å². The maximum absolute atomic E-state index is 9.24. The first kappa shape index (κ1) is 11.2. The third-order valence-corrected chi connectivity index (χ3v) is 1.58. The first-order chi connectivity index (χ1) is 5.77. The molecule has 0 aromatic carbocycles. The lowest BCUT2D eigenvalue weighted by Gasteiger charge is -1.86. The summed E-state index contributed by atoms with van der Waals surface area (Å²) in [5, 5.41) is 7.60. The molecule has 0 saturated carbocycles. The molecule has 0 spiro atoms.